The van der Waals surface area contributed by atoms with Crippen molar-refractivity contribution in [3.05, 3.63) is 28.6 Å². The molecular weight excluding hydrogens is 207 g/mol. The SMILES string of the molecule is Cc1cc(C(F)(F)F)c2c(n1)C(=O)CC2. The number of rotatable bonds is 0. The minimum Gasteiger partial charge on any atom is -0.292 e. The number of aryl methyl sites for hydroxylation is 1. The maximum Gasteiger partial charge on any atom is 0.416 e. The van der Waals surface area contributed by atoms with Crippen LogP contribution in [0.3, 0.4) is 0 Å². The summed E-state index contributed by atoms with van der Waals surface area (Å²) in [5, 5.41) is 0. The van der Waals surface area contributed by atoms with Gasteiger partial charge in [0.1, 0.15) is 5.69 Å². The lowest BCUT2D eigenvalue weighted by Gasteiger charge is -2.11. The van der Waals surface area contributed by atoms with Gasteiger partial charge in [0, 0.05) is 12.1 Å². The zero-order valence-corrected chi connectivity index (χ0v) is 7.98. The molecule has 0 radical (unpaired) electrons. The van der Waals surface area contributed by atoms with Crippen LogP contribution in [0.15, 0.2) is 6.07 Å². The van der Waals surface area contributed by atoms with Gasteiger partial charge in [0.05, 0.1) is 5.56 Å². The molecule has 0 N–H and O–H groups in total. The first-order valence-electron chi connectivity index (χ1n) is 4.50. The van der Waals surface area contributed by atoms with Gasteiger partial charge in [-0.3, -0.25) is 4.79 Å². The van der Waals surface area contributed by atoms with Gasteiger partial charge in [-0.2, -0.15) is 13.2 Å². The van der Waals surface area contributed by atoms with Gasteiger partial charge in [0.25, 0.3) is 0 Å². The van der Waals surface area contributed by atoms with E-state index in [-0.39, 0.29) is 35.6 Å². The zero-order chi connectivity index (χ0) is 11.2. The number of hydrogen-bond acceptors (Lipinski definition) is 2. The molecule has 1 aromatic heterocycles. The van der Waals surface area contributed by atoms with Crippen molar-refractivity contribution in [3.63, 3.8) is 0 Å². The summed E-state index contributed by atoms with van der Waals surface area (Å²) in [7, 11) is 0. The highest BCUT2D eigenvalue weighted by Gasteiger charge is 2.38. The van der Waals surface area contributed by atoms with Crippen molar-refractivity contribution in [2.75, 3.05) is 0 Å². The van der Waals surface area contributed by atoms with E-state index >= 15 is 0 Å². The van der Waals surface area contributed by atoms with Crippen molar-refractivity contribution in [2.45, 2.75) is 25.9 Å². The van der Waals surface area contributed by atoms with Crippen LogP contribution in [0.25, 0.3) is 0 Å². The first kappa shape index (κ1) is 10.1. The van der Waals surface area contributed by atoms with E-state index in [9.17, 15) is 18.0 Å². The molecule has 0 atom stereocenters. The fraction of sp³-hybridized carbons (Fsp3) is 0.400. The molecule has 15 heavy (non-hydrogen) atoms. The van der Waals surface area contributed by atoms with Crippen LogP contribution < -0.4 is 0 Å². The normalized spacial score (nSPS) is 15.6. The quantitative estimate of drug-likeness (QED) is 0.665. The van der Waals surface area contributed by atoms with E-state index in [1.54, 1.807) is 0 Å². The van der Waals surface area contributed by atoms with Crippen LogP contribution in [0.5, 0.6) is 0 Å². The summed E-state index contributed by atoms with van der Waals surface area (Å²) in [6.45, 7) is 1.46. The number of carbonyl (C=O) groups excluding carboxylic acids is 1. The summed E-state index contributed by atoms with van der Waals surface area (Å²) in [6.07, 6.45) is -4.12. The number of nitrogens with zero attached hydrogens (tertiary/aromatic N) is 1. The highest BCUT2D eigenvalue weighted by Crippen LogP contribution is 2.36. The Morgan fingerprint density at radius 1 is 1.33 bits per heavy atom. The molecule has 1 aliphatic carbocycles. The van der Waals surface area contributed by atoms with Gasteiger partial charge in [0.15, 0.2) is 5.78 Å². The molecule has 5 heteroatoms. The summed E-state index contributed by atoms with van der Waals surface area (Å²) in [5.41, 5.74) is -0.424. The molecule has 80 valence electrons. The highest BCUT2D eigenvalue weighted by atomic mass is 19.4. The van der Waals surface area contributed by atoms with Crippen LogP contribution in [0.1, 0.15) is 33.7 Å². The lowest BCUT2D eigenvalue weighted by molar-refractivity contribution is -0.138. The van der Waals surface area contributed by atoms with Crippen molar-refractivity contribution >= 4 is 5.78 Å². The molecule has 2 nitrogen and oxygen atoms in total. The van der Waals surface area contributed by atoms with Crippen molar-refractivity contribution < 1.29 is 18.0 Å². The third-order valence-corrected chi connectivity index (χ3v) is 2.42. The minimum atomic E-state index is -4.40. The molecule has 0 saturated heterocycles. The number of ketones is 1. The number of hydrogen-bond donors (Lipinski definition) is 0. The van der Waals surface area contributed by atoms with E-state index in [4.69, 9.17) is 0 Å². The molecule has 0 aromatic carbocycles. The minimum absolute atomic E-state index is 0.00215. The van der Waals surface area contributed by atoms with E-state index in [1.807, 2.05) is 0 Å². The van der Waals surface area contributed by atoms with E-state index < -0.39 is 11.7 Å². The summed E-state index contributed by atoms with van der Waals surface area (Å²) in [4.78, 5) is 15.1. The molecule has 0 bridgehead atoms. The van der Waals surface area contributed by atoms with Crippen LogP contribution in [0.2, 0.25) is 0 Å². The van der Waals surface area contributed by atoms with Crippen LogP contribution in [0.4, 0.5) is 13.2 Å². The maximum absolute atomic E-state index is 12.6. The number of halogens is 3. The maximum atomic E-state index is 12.6. The fourth-order valence-electron chi connectivity index (χ4n) is 1.79. The average Bonchev–Trinajstić information content (AvgIpc) is 2.45. The summed E-state index contributed by atoms with van der Waals surface area (Å²) < 4.78 is 37.8. The predicted octanol–water partition coefficient (Wildman–Crippen LogP) is 2.54. The van der Waals surface area contributed by atoms with Gasteiger partial charge in [-0.05, 0) is 25.0 Å². The van der Waals surface area contributed by atoms with Crippen LogP contribution in [0, 0.1) is 6.92 Å². The topological polar surface area (TPSA) is 30.0 Å². The Bertz CT molecular complexity index is 437. The largest absolute Gasteiger partial charge is 0.416 e. The second-order valence-electron chi connectivity index (χ2n) is 3.56. The predicted molar refractivity (Wildman–Crippen MR) is 46.6 cm³/mol. The molecule has 0 amide bonds. The number of alkyl halides is 3. The Kier molecular flexibility index (Phi) is 2.06. The number of aromatic nitrogens is 1. The molecule has 2 rings (SSSR count). The zero-order valence-electron chi connectivity index (χ0n) is 7.98. The smallest absolute Gasteiger partial charge is 0.292 e. The Morgan fingerprint density at radius 3 is 2.60 bits per heavy atom. The van der Waals surface area contributed by atoms with Crippen LogP contribution in [-0.2, 0) is 12.6 Å². The first-order chi connectivity index (χ1) is 6.89. The summed E-state index contributed by atoms with van der Waals surface area (Å²) in [6, 6.07) is 0.997. The molecule has 1 aliphatic rings. The molecular formula is C10H8F3NO. The van der Waals surface area contributed by atoms with E-state index in [2.05, 4.69) is 4.98 Å². The number of carbonyl (C=O) groups is 1. The van der Waals surface area contributed by atoms with Crippen molar-refractivity contribution in [1.29, 1.82) is 0 Å². The van der Waals surface area contributed by atoms with Gasteiger partial charge in [-0.15, -0.1) is 0 Å². The second-order valence-corrected chi connectivity index (χ2v) is 3.56. The fourth-order valence-corrected chi connectivity index (χ4v) is 1.79. The number of Topliss-reactive ketones (excluding diaryl/α,β-unsaturated/α-hetero) is 1. The number of pyridine rings is 1. The van der Waals surface area contributed by atoms with Gasteiger partial charge in [0.2, 0.25) is 0 Å². The standard InChI is InChI=1S/C10H8F3NO/c1-5-4-7(10(11,12)13)6-2-3-8(15)9(6)14-5/h4H,2-3H2,1H3. The Balaban J connectivity index is 2.67. The molecule has 0 unspecified atom stereocenters. The molecule has 0 aliphatic heterocycles. The first-order valence-corrected chi connectivity index (χ1v) is 4.50. The van der Waals surface area contributed by atoms with E-state index in [0.717, 1.165) is 6.07 Å². The Labute approximate surface area is 84.1 Å². The van der Waals surface area contributed by atoms with Gasteiger partial charge >= 0.3 is 6.18 Å². The third-order valence-electron chi connectivity index (χ3n) is 2.42. The van der Waals surface area contributed by atoms with Crippen molar-refractivity contribution in [3.8, 4) is 0 Å². The lowest BCUT2D eigenvalue weighted by atomic mass is 10.1. The Morgan fingerprint density at radius 2 is 2.00 bits per heavy atom. The van der Waals surface area contributed by atoms with Crippen LogP contribution in [-0.4, -0.2) is 10.8 Å². The molecule has 0 fully saturated rings. The van der Waals surface area contributed by atoms with Gasteiger partial charge < -0.3 is 0 Å². The average molecular weight is 215 g/mol. The highest BCUT2D eigenvalue weighted by molar-refractivity contribution is 5.99. The van der Waals surface area contributed by atoms with Gasteiger partial charge in [-0.1, -0.05) is 0 Å². The number of fused-ring (bicyclic) bond motifs is 1. The van der Waals surface area contributed by atoms with E-state index in [1.165, 1.54) is 6.92 Å². The Hall–Kier alpha value is -1.39. The second kappa shape index (κ2) is 3.05. The van der Waals surface area contributed by atoms with Gasteiger partial charge in [-0.25, -0.2) is 4.98 Å². The molecule has 0 saturated carbocycles. The molecule has 1 heterocycles. The summed E-state index contributed by atoms with van der Waals surface area (Å²) >= 11 is 0. The van der Waals surface area contributed by atoms with Crippen molar-refractivity contribution in [1.82, 2.24) is 4.98 Å². The third kappa shape index (κ3) is 1.62. The molecule has 1 aromatic rings. The van der Waals surface area contributed by atoms with Crippen LogP contribution >= 0.6 is 0 Å². The summed E-state index contributed by atoms with van der Waals surface area (Å²) in [5.74, 6) is -0.292. The van der Waals surface area contributed by atoms with Crippen molar-refractivity contribution in [2.24, 2.45) is 0 Å². The van der Waals surface area contributed by atoms with E-state index in [0.29, 0.717) is 0 Å². The molecule has 0 spiro atoms. The monoisotopic (exact) mass is 215 g/mol. The lowest BCUT2D eigenvalue weighted by Crippen LogP contribution is -2.11.